The Morgan fingerprint density at radius 3 is 3.15 bits per heavy atom. The third kappa shape index (κ3) is 2.18. The van der Waals surface area contributed by atoms with Crippen molar-refractivity contribution in [2.24, 2.45) is 0 Å². The van der Waals surface area contributed by atoms with Gasteiger partial charge >= 0.3 is 0 Å². The lowest BCUT2D eigenvalue weighted by Crippen LogP contribution is -2.38. The fourth-order valence-corrected chi connectivity index (χ4v) is 3.60. The zero-order valence-electron chi connectivity index (χ0n) is 11.6. The number of aromatic nitrogens is 1. The second-order valence-corrected chi connectivity index (χ2v) is 5.90. The predicted octanol–water partition coefficient (Wildman–Crippen LogP) is 2.94. The highest BCUT2D eigenvalue weighted by Gasteiger charge is 2.29. The molecule has 1 unspecified atom stereocenters. The minimum absolute atomic E-state index is 0.00597. The van der Waals surface area contributed by atoms with Crippen molar-refractivity contribution in [3.05, 3.63) is 45.9 Å². The van der Waals surface area contributed by atoms with Crippen molar-refractivity contribution in [1.82, 2.24) is 9.88 Å². The van der Waals surface area contributed by atoms with E-state index in [0.29, 0.717) is 5.69 Å². The minimum atomic E-state index is 0.00597. The second kappa shape index (κ2) is 5.25. The summed E-state index contributed by atoms with van der Waals surface area (Å²) in [6.07, 6.45) is 2.61. The zero-order valence-corrected chi connectivity index (χ0v) is 12.4. The summed E-state index contributed by atoms with van der Waals surface area (Å²) in [4.78, 5) is 20.2. The number of nitrogens with one attached hydrogen (secondary N) is 1. The Morgan fingerprint density at radius 1 is 1.50 bits per heavy atom. The maximum absolute atomic E-state index is 12.6. The fraction of sp³-hybridized carbons (Fsp3) is 0.333. The summed E-state index contributed by atoms with van der Waals surface area (Å²) in [5.74, 6) is 0.00597. The number of nitrogens with zero attached hydrogens (tertiary/aromatic N) is 2. The van der Waals surface area contributed by atoms with Gasteiger partial charge in [-0.15, -0.1) is 11.3 Å². The average Bonchev–Trinajstić information content (AvgIpc) is 2.96. The molecule has 0 aliphatic carbocycles. The van der Waals surface area contributed by atoms with Crippen LogP contribution in [0.25, 0.3) is 0 Å². The largest absolute Gasteiger partial charge is 0.388 e. The van der Waals surface area contributed by atoms with Crippen LogP contribution in [0.3, 0.4) is 0 Å². The molecular formula is C15H17N3OS. The van der Waals surface area contributed by atoms with Crippen LogP contribution >= 0.6 is 11.3 Å². The zero-order chi connectivity index (χ0) is 14.1. The molecule has 1 N–H and O–H groups in total. The molecular weight excluding hydrogens is 270 g/mol. The molecule has 2 aromatic heterocycles. The summed E-state index contributed by atoms with van der Waals surface area (Å²) in [5.41, 5.74) is 2.69. The number of anilines is 1. The summed E-state index contributed by atoms with van der Waals surface area (Å²) in [6.45, 7) is 2.85. The minimum Gasteiger partial charge on any atom is -0.388 e. The highest BCUT2D eigenvalue weighted by molar-refractivity contribution is 7.10. The second-order valence-electron chi connectivity index (χ2n) is 4.90. The van der Waals surface area contributed by atoms with Gasteiger partial charge in [-0.2, -0.15) is 0 Å². The molecule has 2 aromatic rings. The van der Waals surface area contributed by atoms with Crippen LogP contribution in [0.4, 0.5) is 5.69 Å². The molecule has 3 heterocycles. The van der Waals surface area contributed by atoms with E-state index in [0.717, 1.165) is 18.7 Å². The molecule has 1 amide bonds. The van der Waals surface area contributed by atoms with Gasteiger partial charge < -0.3 is 10.2 Å². The van der Waals surface area contributed by atoms with Crippen LogP contribution in [0.5, 0.6) is 0 Å². The van der Waals surface area contributed by atoms with E-state index in [2.05, 4.69) is 28.7 Å². The van der Waals surface area contributed by atoms with Crippen molar-refractivity contribution >= 4 is 22.9 Å². The maximum Gasteiger partial charge on any atom is 0.273 e. The van der Waals surface area contributed by atoms with E-state index in [1.807, 2.05) is 18.0 Å². The highest BCUT2D eigenvalue weighted by atomic mass is 32.1. The molecule has 0 fully saturated rings. The molecule has 0 bridgehead atoms. The van der Waals surface area contributed by atoms with E-state index < -0.39 is 0 Å². The number of hydrogen-bond donors (Lipinski definition) is 1. The van der Waals surface area contributed by atoms with Gasteiger partial charge in [-0.25, -0.2) is 0 Å². The number of pyridine rings is 1. The molecule has 4 nitrogen and oxygen atoms in total. The van der Waals surface area contributed by atoms with E-state index in [1.54, 1.807) is 23.6 Å². The average molecular weight is 287 g/mol. The van der Waals surface area contributed by atoms with Gasteiger partial charge in [0.15, 0.2) is 0 Å². The summed E-state index contributed by atoms with van der Waals surface area (Å²) >= 11 is 1.78. The van der Waals surface area contributed by atoms with Crippen LogP contribution in [0.15, 0.2) is 29.8 Å². The number of amides is 1. The summed E-state index contributed by atoms with van der Waals surface area (Å²) in [6, 6.07) is 5.91. The van der Waals surface area contributed by atoms with Crippen molar-refractivity contribution in [2.75, 3.05) is 18.9 Å². The van der Waals surface area contributed by atoms with E-state index >= 15 is 0 Å². The number of carbonyl (C=O) groups excluding carboxylic acids is 1. The van der Waals surface area contributed by atoms with Gasteiger partial charge in [0.2, 0.25) is 0 Å². The third-order valence-electron chi connectivity index (χ3n) is 3.81. The maximum atomic E-state index is 12.6. The first-order chi connectivity index (χ1) is 9.70. The monoisotopic (exact) mass is 287 g/mol. The van der Waals surface area contributed by atoms with Gasteiger partial charge in [0.25, 0.3) is 5.91 Å². The molecule has 1 atom stereocenters. The van der Waals surface area contributed by atoms with Crippen LogP contribution in [0.1, 0.15) is 33.9 Å². The molecule has 20 heavy (non-hydrogen) atoms. The van der Waals surface area contributed by atoms with Crippen molar-refractivity contribution in [3.63, 3.8) is 0 Å². The Kier molecular flexibility index (Phi) is 3.44. The van der Waals surface area contributed by atoms with E-state index in [4.69, 9.17) is 0 Å². The van der Waals surface area contributed by atoms with Gasteiger partial charge in [-0.1, -0.05) is 0 Å². The Labute approximate surface area is 122 Å². The van der Waals surface area contributed by atoms with Crippen molar-refractivity contribution < 1.29 is 4.79 Å². The first-order valence-corrected chi connectivity index (χ1v) is 7.59. The summed E-state index contributed by atoms with van der Waals surface area (Å²) in [7, 11) is 1.84. The van der Waals surface area contributed by atoms with Crippen LogP contribution in [-0.2, 0) is 6.42 Å². The van der Waals surface area contributed by atoms with E-state index in [1.165, 1.54) is 10.4 Å². The van der Waals surface area contributed by atoms with E-state index in [9.17, 15) is 4.79 Å². The fourth-order valence-electron chi connectivity index (χ4n) is 2.64. The molecule has 104 valence electrons. The Morgan fingerprint density at radius 2 is 2.35 bits per heavy atom. The number of thiophene rings is 1. The lowest BCUT2D eigenvalue weighted by Gasteiger charge is -2.33. The Hall–Kier alpha value is -1.88. The highest BCUT2D eigenvalue weighted by Crippen LogP contribution is 2.33. The molecule has 1 aliphatic heterocycles. The Bertz CT molecular complexity index is 638. The van der Waals surface area contributed by atoms with Crippen molar-refractivity contribution in [2.45, 2.75) is 19.4 Å². The molecule has 1 aliphatic rings. The van der Waals surface area contributed by atoms with Crippen LogP contribution < -0.4 is 5.32 Å². The van der Waals surface area contributed by atoms with Gasteiger partial charge in [-0.3, -0.25) is 9.78 Å². The number of fused-ring (bicyclic) bond motifs is 1. The smallest absolute Gasteiger partial charge is 0.273 e. The SMILES string of the molecule is CNc1ccnc(C(=O)N2CCc3sccc3C2C)c1. The topological polar surface area (TPSA) is 45.2 Å². The van der Waals surface area contributed by atoms with Crippen LogP contribution in [-0.4, -0.2) is 29.4 Å². The lowest BCUT2D eigenvalue weighted by molar-refractivity contribution is 0.0673. The first kappa shape index (κ1) is 13.1. The van der Waals surface area contributed by atoms with Gasteiger partial charge in [-0.05, 0) is 42.5 Å². The molecule has 5 heteroatoms. The first-order valence-electron chi connectivity index (χ1n) is 6.71. The quantitative estimate of drug-likeness (QED) is 0.923. The lowest BCUT2D eigenvalue weighted by atomic mass is 10.0. The summed E-state index contributed by atoms with van der Waals surface area (Å²) < 4.78 is 0. The molecule has 0 saturated carbocycles. The van der Waals surface area contributed by atoms with Gasteiger partial charge in [0, 0.05) is 30.4 Å². The standard InChI is InChI=1S/C15H17N3OS/c1-10-12-5-8-20-14(12)4-7-18(10)15(19)13-9-11(16-2)3-6-17-13/h3,5-6,8-10H,4,7H2,1-2H3,(H,16,17). The predicted molar refractivity (Wildman–Crippen MR) is 81.3 cm³/mol. The van der Waals surface area contributed by atoms with Gasteiger partial charge in [0.1, 0.15) is 5.69 Å². The number of carbonyl (C=O) groups is 1. The number of rotatable bonds is 2. The number of hydrogen-bond acceptors (Lipinski definition) is 4. The van der Waals surface area contributed by atoms with Crippen molar-refractivity contribution in [1.29, 1.82) is 0 Å². The molecule has 0 radical (unpaired) electrons. The van der Waals surface area contributed by atoms with Crippen LogP contribution in [0, 0.1) is 0 Å². The van der Waals surface area contributed by atoms with E-state index in [-0.39, 0.29) is 11.9 Å². The Balaban J connectivity index is 1.88. The normalized spacial score (nSPS) is 17.7. The molecule has 0 saturated heterocycles. The molecule has 0 aromatic carbocycles. The summed E-state index contributed by atoms with van der Waals surface area (Å²) in [5, 5.41) is 5.14. The van der Waals surface area contributed by atoms with Crippen LogP contribution in [0.2, 0.25) is 0 Å². The molecule has 0 spiro atoms. The third-order valence-corrected chi connectivity index (χ3v) is 4.80. The molecule has 3 rings (SSSR count). The van der Waals surface area contributed by atoms with Gasteiger partial charge in [0.05, 0.1) is 6.04 Å². The van der Waals surface area contributed by atoms with Crippen molar-refractivity contribution in [3.8, 4) is 0 Å².